The Bertz CT molecular complexity index is 1390. The third kappa shape index (κ3) is 9.84. The zero-order valence-electron chi connectivity index (χ0n) is 24.8. The Morgan fingerprint density at radius 2 is 1.44 bits per heavy atom. The second-order valence-electron chi connectivity index (χ2n) is 11.3. The first-order valence-electron chi connectivity index (χ1n) is 14.9. The van der Waals surface area contributed by atoms with Crippen LogP contribution in [0.1, 0.15) is 78.1 Å². The summed E-state index contributed by atoms with van der Waals surface area (Å²) in [4.78, 5) is 59.8. The molecule has 3 aromatic rings. The molecule has 7 rings (SSSR count). The fraction of sp³-hybridized carbons (Fsp3) is 0.412. The van der Waals surface area contributed by atoms with E-state index in [0.29, 0.717) is 31.8 Å². The van der Waals surface area contributed by atoms with Gasteiger partial charge >= 0.3 is 0 Å². The molecule has 2 atom stereocenters. The molecule has 0 radical (unpaired) electrons. The second kappa shape index (κ2) is 15.7. The number of benzene rings is 2. The highest BCUT2D eigenvalue weighted by Crippen LogP contribution is 2.21. The fourth-order valence-electron chi connectivity index (χ4n) is 4.91. The maximum Gasteiger partial charge on any atom is 0.224 e. The Morgan fingerprint density at radius 1 is 0.860 bits per heavy atom. The number of hydrogen-bond donors (Lipinski definition) is 1. The number of Topliss-reactive ketones (excluding diaryl/α,β-unsaturated/α-hetero) is 2. The molecule has 4 aliphatic rings. The topological polar surface area (TPSA) is 125 Å². The van der Waals surface area contributed by atoms with E-state index in [4.69, 9.17) is 9.47 Å². The van der Waals surface area contributed by atoms with E-state index in [1.807, 2.05) is 62.4 Å². The van der Waals surface area contributed by atoms with Gasteiger partial charge in [0.1, 0.15) is 29.2 Å². The standard InChI is InChI=1S/C34H39N3O6/c1-23(2)17-27(22-38)36-34(41)26-18-25-7-12-29(13-8-25)43-16-4-3-15-42-28-10-5-24(6-11-28)9-14-32(39)30-20-35-21-31(37-30)33(40)19-26/h5-8,10-13,20-23,26-27H,3-4,9,14-19H2,1-2H3,(H,36,41)/t26-,27+/m1/s1. The van der Waals surface area contributed by atoms with Crippen LogP contribution in [0.25, 0.3) is 0 Å². The maximum absolute atomic E-state index is 13.4. The first kappa shape index (κ1) is 31.5. The van der Waals surface area contributed by atoms with Crippen LogP contribution < -0.4 is 14.8 Å². The lowest BCUT2D eigenvalue weighted by atomic mass is 9.92. The van der Waals surface area contributed by atoms with Crippen molar-refractivity contribution in [2.24, 2.45) is 11.8 Å². The summed E-state index contributed by atoms with van der Waals surface area (Å²) < 4.78 is 11.7. The Labute approximate surface area is 252 Å². The van der Waals surface area contributed by atoms with Crippen molar-refractivity contribution in [1.82, 2.24) is 15.3 Å². The lowest BCUT2D eigenvalue weighted by Crippen LogP contribution is -2.42. The number of aryl methyl sites for hydroxylation is 1. The molecule has 9 nitrogen and oxygen atoms in total. The lowest BCUT2D eigenvalue weighted by molar-refractivity contribution is -0.127. The van der Waals surface area contributed by atoms with E-state index >= 15 is 0 Å². The zero-order chi connectivity index (χ0) is 30.6. The minimum absolute atomic E-state index is 0.0254. The van der Waals surface area contributed by atoms with E-state index in [-0.39, 0.29) is 48.3 Å². The fourth-order valence-corrected chi connectivity index (χ4v) is 4.91. The molecule has 0 saturated carbocycles. The van der Waals surface area contributed by atoms with E-state index in [2.05, 4.69) is 15.3 Å². The average molecular weight is 586 g/mol. The molecule has 0 unspecified atom stereocenters. The summed E-state index contributed by atoms with van der Waals surface area (Å²) in [6.07, 6.45) is 6.37. The molecule has 0 fully saturated rings. The number of rotatable bonds is 5. The van der Waals surface area contributed by atoms with Crippen LogP contribution in [0, 0.1) is 11.8 Å². The molecule has 5 heterocycles. The second-order valence-corrected chi connectivity index (χ2v) is 11.3. The van der Waals surface area contributed by atoms with Gasteiger partial charge in [0.2, 0.25) is 5.91 Å². The van der Waals surface area contributed by atoms with Crippen molar-refractivity contribution < 1.29 is 28.7 Å². The van der Waals surface area contributed by atoms with E-state index < -0.39 is 17.7 Å². The van der Waals surface area contributed by atoms with Crippen molar-refractivity contribution in [1.29, 1.82) is 0 Å². The molecule has 1 N–H and O–H groups in total. The molecular formula is C34H39N3O6. The molecule has 1 aromatic heterocycles. The van der Waals surface area contributed by atoms with Crippen molar-refractivity contribution in [2.75, 3.05) is 13.2 Å². The molecule has 4 aliphatic heterocycles. The third-order valence-electron chi connectivity index (χ3n) is 7.27. The molecule has 226 valence electrons. The normalized spacial score (nSPS) is 17.4. The summed E-state index contributed by atoms with van der Waals surface area (Å²) >= 11 is 0. The molecule has 6 bridgehead atoms. The number of ether oxygens (including phenoxy) is 2. The number of nitrogens with zero attached hydrogens (tertiary/aromatic N) is 2. The predicted molar refractivity (Wildman–Crippen MR) is 161 cm³/mol. The number of amides is 1. The van der Waals surface area contributed by atoms with Gasteiger partial charge < -0.3 is 19.6 Å². The SMILES string of the molecule is CC(C)C[C@@H](C=O)NC(=O)[C@H]1CC(=O)c2cncc(n2)C(=O)CCc2ccc(cc2)OCCCCOc2ccc(cc2)C1. The first-order chi connectivity index (χ1) is 20.8. The molecule has 0 spiro atoms. The number of carbonyl (C=O) groups is 4. The van der Waals surface area contributed by atoms with Crippen LogP contribution in [-0.2, 0) is 22.4 Å². The highest BCUT2D eigenvalue weighted by Gasteiger charge is 2.26. The molecule has 0 aliphatic carbocycles. The van der Waals surface area contributed by atoms with Crippen LogP contribution >= 0.6 is 0 Å². The lowest BCUT2D eigenvalue weighted by Gasteiger charge is -2.20. The van der Waals surface area contributed by atoms with Gasteiger partial charge in [-0.25, -0.2) is 4.98 Å². The van der Waals surface area contributed by atoms with E-state index in [1.54, 1.807) is 0 Å². The van der Waals surface area contributed by atoms with Crippen molar-refractivity contribution >= 4 is 23.8 Å². The van der Waals surface area contributed by atoms with E-state index in [9.17, 15) is 19.2 Å². The number of hydrogen-bond acceptors (Lipinski definition) is 8. The van der Waals surface area contributed by atoms with Gasteiger partial charge in [-0.1, -0.05) is 38.1 Å². The van der Waals surface area contributed by atoms with Crippen LogP contribution in [-0.4, -0.2) is 53.0 Å². The van der Waals surface area contributed by atoms with Crippen LogP contribution in [0.5, 0.6) is 11.5 Å². The summed E-state index contributed by atoms with van der Waals surface area (Å²) in [5.41, 5.74) is 1.96. The van der Waals surface area contributed by atoms with Gasteiger partial charge in [0, 0.05) is 18.8 Å². The van der Waals surface area contributed by atoms with Crippen molar-refractivity contribution in [2.45, 2.75) is 64.8 Å². The Morgan fingerprint density at radius 3 is 2.02 bits per heavy atom. The minimum Gasteiger partial charge on any atom is -0.494 e. The molecule has 0 saturated heterocycles. The Balaban J connectivity index is 1.57. The third-order valence-corrected chi connectivity index (χ3v) is 7.27. The summed E-state index contributed by atoms with van der Waals surface area (Å²) in [5.74, 6) is -0.0960. The number of carbonyl (C=O) groups excluding carboxylic acids is 4. The highest BCUT2D eigenvalue weighted by molar-refractivity contribution is 5.99. The Kier molecular flexibility index (Phi) is 11.5. The highest BCUT2D eigenvalue weighted by atomic mass is 16.5. The van der Waals surface area contributed by atoms with Gasteiger partial charge in [0.05, 0.1) is 31.6 Å². The van der Waals surface area contributed by atoms with Crippen molar-refractivity contribution in [3.05, 3.63) is 83.4 Å². The first-order valence-corrected chi connectivity index (χ1v) is 14.9. The number of ketones is 2. The summed E-state index contributed by atoms with van der Waals surface area (Å²) in [5, 5.41) is 2.81. The van der Waals surface area contributed by atoms with Gasteiger partial charge in [0.15, 0.2) is 11.6 Å². The number of aldehydes is 1. The van der Waals surface area contributed by atoms with Crippen LogP contribution in [0.15, 0.2) is 60.9 Å². The minimum atomic E-state index is -0.761. The molecule has 43 heavy (non-hydrogen) atoms. The quantitative estimate of drug-likeness (QED) is 0.415. The van der Waals surface area contributed by atoms with Gasteiger partial charge in [-0.2, -0.15) is 0 Å². The number of aromatic nitrogens is 2. The summed E-state index contributed by atoms with van der Waals surface area (Å²) in [6.45, 7) is 5.05. The van der Waals surface area contributed by atoms with Gasteiger partial charge in [-0.15, -0.1) is 0 Å². The average Bonchev–Trinajstić information content (AvgIpc) is 3.01. The smallest absolute Gasteiger partial charge is 0.224 e. The molecule has 1 amide bonds. The Hall–Kier alpha value is -4.40. The van der Waals surface area contributed by atoms with Crippen molar-refractivity contribution in [3.8, 4) is 11.5 Å². The van der Waals surface area contributed by atoms with Gasteiger partial charge in [-0.3, -0.25) is 19.4 Å². The van der Waals surface area contributed by atoms with Crippen LogP contribution in [0.4, 0.5) is 0 Å². The van der Waals surface area contributed by atoms with E-state index in [1.165, 1.54) is 12.4 Å². The summed E-state index contributed by atoms with van der Waals surface area (Å²) in [6, 6.07) is 14.4. The van der Waals surface area contributed by atoms with Gasteiger partial charge in [0.25, 0.3) is 0 Å². The van der Waals surface area contributed by atoms with Gasteiger partial charge in [-0.05, 0) is 73.4 Å². The zero-order valence-corrected chi connectivity index (χ0v) is 24.8. The predicted octanol–water partition coefficient (Wildman–Crippen LogP) is 5.01. The largest absolute Gasteiger partial charge is 0.494 e. The molecule has 2 aromatic carbocycles. The molecular weight excluding hydrogens is 546 g/mol. The molecule has 9 heteroatoms. The van der Waals surface area contributed by atoms with Crippen molar-refractivity contribution in [3.63, 3.8) is 0 Å². The monoisotopic (exact) mass is 585 g/mol. The maximum atomic E-state index is 13.4. The number of nitrogens with one attached hydrogen (secondary N) is 1. The summed E-state index contributed by atoms with van der Waals surface area (Å²) in [7, 11) is 0. The van der Waals surface area contributed by atoms with Crippen LogP contribution in [0.2, 0.25) is 0 Å². The van der Waals surface area contributed by atoms with Crippen LogP contribution in [0.3, 0.4) is 0 Å². The van der Waals surface area contributed by atoms with E-state index in [0.717, 1.165) is 36.0 Å².